The van der Waals surface area contributed by atoms with Crippen LogP contribution in [0.5, 0.6) is 0 Å². The standard InChI is InChI=1S/C18H24N2O2/c1-3-19(13-16-7-5-4-6-8-16)14-17-9-10-18(21)20(15-17)11-12-22-2/h4-10,15H,3,11-14H2,1-2H3. The summed E-state index contributed by atoms with van der Waals surface area (Å²) in [6.45, 7) is 6.00. The Morgan fingerprint density at radius 1 is 1.05 bits per heavy atom. The lowest BCUT2D eigenvalue weighted by molar-refractivity contribution is 0.186. The van der Waals surface area contributed by atoms with E-state index in [1.54, 1.807) is 17.7 Å². The summed E-state index contributed by atoms with van der Waals surface area (Å²) in [7, 11) is 1.65. The molecule has 118 valence electrons. The molecule has 0 saturated heterocycles. The zero-order valence-electron chi connectivity index (χ0n) is 13.4. The molecule has 0 unspecified atom stereocenters. The summed E-state index contributed by atoms with van der Waals surface area (Å²) in [5, 5.41) is 0. The van der Waals surface area contributed by atoms with Crippen LogP contribution in [0.15, 0.2) is 53.5 Å². The zero-order valence-corrected chi connectivity index (χ0v) is 13.4. The molecule has 0 saturated carbocycles. The Balaban J connectivity index is 2.05. The Morgan fingerprint density at radius 3 is 2.45 bits per heavy atom. The van der Waals surface area contributed by atoms with Crippen molar-refractivity contribution >= 4 is 0 Å². The minimum atomic E-state index is 0.0203. The van der Waals surface area contributed by atoms with E-state index in [2.05, 4.69) is 36.1 Å². The third kappa shape index (κ3) is 4.83. The fraction of sp³-hybridized carbons (Fsp3) is 0.389. The fourth-order valence-electron chi connectivity index (χ4n) is 2.42. The Labute approximate surface area is 132 Å². The second kappa shape index (κ2) is 8.51. The van der Waals surface area contributed by atoms with Gasteiger partial charge < -0.3 is 9.30 Å². The molecular weight excluding hydrogens is 276 g/mol. The number of hydrogen-bond acceptors (Lipinski definition) is 3. The maximum absolute atomic E-state index is 11.8. The van der Waals surface area contributed by atoms with Crippen molar-refractivity contribution in [2.24, 2.45) is 0 Å². The van der Waals surface area contributed by atoms with Gasteiger partial charge in [0.25, 0.3) is 5.56 Å². The second-order valence-corrected chi connectivity index (χ2v) is 5.35. The molecule has 0 aliphatic heterocycles. The van der Waals surface area contributed by atoms with E-state index in [1.807, 2.05) is 18.3 Å². The topological polar surface area (TPSA) is 34.5 Å². The van der Waals surface area contributed by atoms with Gasteiger partial charge in [-0.3, -0.25) is 9.69 Å². The lowest BCUT2D eigenvalue weighted by atomic mass is 10.2. The van der Waals surface area contributed by atoms with E-state index in [0.717, 1.165) is 25.2 Å². The number of hydrogen-bond donors (Lipinski definition) is 0. The van der Waals surface area contributed by atoms with E-state index in [0.29, 0.717) is 13.2 Å². The Kier molecular flexibility index (Phi) is 6.37. The molecule has 0 spiro atoms. The summed E-state index contributed by atoms with van der Waals surface area (Å²) in [5.41, 5.74) is 2.47. The summed E-state index contributed by atoms with van der Waals surface area (Å²) >= 11 is 0. The van der Waals surface area contributed by atoms with Crippen LogP contribution in [0.2, 0.25) is 0 Å². The minimum absolute atomic E-state index is 0.0203. The average molecular weight is 300 g/mol. The molecule has 0 aliphatic rings. The first-order chi connectivity index (χ1) is 10.7. The first kappa shape index (κ1) is 16.5. The lowest BCUT2D eigenvalue weighted by Crippen LogP contribution is -2.25. The predicted molar refractivity (Wildman–Crippen MR) is 88.8 cm³/mol. The largest absolute Gasteiger partial charge is 0.383 e. The van der Waals surface area contributed by atoms with Gasteiger partial charge in [0.1, 0.15) is 0 Å². The van der Waals surface area contributed by atoms with Crippen LogP contribution < -0.4 is 5.56 Å². The van der Waals surface area contributed by atoms with Crippen molar-refractivity contribution in [2.45, 2.75) is 26.6 Å². The highest BCUT2D eigenvalue weighted by atomic mass is 16.5. The van der Waals surface area contributed by atoms with E-state index in [1.165, 1.54) is 5.56 Å². The van der Waals surface area contributed by atoms with Crippen LogP contribution in [-0.4, -0.2) is 29.7 Å². The molecule has 1 aromatic heterocycles. The maximum Gasteiger partial charge on any atom is 0.250 e. The van der Waals surface area contributed by atoms with E-state index in [9.17, 15) is 4.79 Å². The maximum atomic E-state index is 11.8. The van der Waals surface area contributed by atoms with Gasteiger partial charge in [0.2, 0.25) is 0 Å². The van der Waals surface area contributed by atoms with Crippen molar-refractivity contribution in [1.82, 2.24) is 9.47 Å². The van der Waals surface area contributed by atoms with Crippen molar-refractivity contribution in [3.8, 4) is 0 Å². The van der Waals surface area contributed by atoms with E-state index >= 15 is 0 Å². The van der Waals surface area contributed by atoms with Gasteiger partial charge in [0.15, 0.2) is 0 Å². The molecular formula is C18H24N2O2. The van der Waals surface area contributed by atoms with Crippen molar-refractivity contribution in [3.05, 3.63) is 70.1 Å². The molecule has 0 aliphatic carbocycles. The molecule has 0 fully saturated rings. The van der Waals surface area contributed by atoms with Crippen molar-refractivity contribution in [1.29, 1.82) is 0 Å². The van der Waals surface area contributed by atoms with Gasteiger partial charge in [-0.2, -0.15) is 0 Å². The summed E-state index contributed by atoms with van der Waals surface area (Å²) in [6, 6.07) is 14.0. The summed E-state index contributed by atoms with van der Waals surface area (Å²) in [5.74, 6) is 0. The van der Waals surface area contributed by atoms with Crippen molar-refractivity contribution in [3.63, 3.8) is 0 Å². The van der Waals surface area contributed by atoms with Gasteiger partial charge in [-0.05, 0) is 17.7 Å². The molecule has 4 heteroatoms. The van der Waals surface area contributed by atoms with Crippen LogP contribution in [0.3, 0.4) is 0 Å². The average Bonchev–Trinajstić information content (AvgIpc) is 2.55. The number of nitrogens with zero attached hydrogens (tertiary/aromatic N) is 2. The van der Waals surface area contributed by atoms with Gasteiger partial charge in [-0.25, -0.2) is 0 Å². The Bertz CT molecular complexity index is 622. The number of ether oxygens (including phenoxy) is 1. The molecule has 0 radical (unpaired) electrons. The molecule has 22 heavy (non-hydrogen) atoms. The quantitative estimate of drug-likeness (QED) is 0.751. The Hall–Kier alpha value is -1.91. The predicted octanol–water partition coefficient (Wildman–Crippen LogP) is 2.52. The van der Waals surface area contributed by atoms with Gasteiger partial charge in [-0.15, -0.1) is 0 Å². The first-order valence-corrected chi connectivity index (χ1v) is 7.67. The van der Waals surface area contributed by atoms with Gasteiger partial charge in [0, 0.05) is 39.0 Å². The first-order valence-electron chi connectivity index (χ1n) is 7.67. The lowest BCUT2D eigenvalue weighted by Gasteiger charge is -2.21. The van der Waals surface area contributed by atoms with Gasteiger partial charge in [0.05, 0.1) is 6.61 Å². The molecule has 0 bridgehead atoms. The monoisotopic (exact) mass is 300 g/mol. The summed E-state index contributed by atoms with van der Waals surface area (Å²) in [6.07, 6.45) is 1.94. The highest BCUT2D eigenvalue weighted by Crippen LogP contribution is 2.08. The number of rotatable bonds is 8. The van der Waals surface area contributed by atoms with E-state index < -0.39 is 0 Å². The third-order valence-corrected chi connectivity index (χ3v) is 3.68. The molecule has 0 atom stereocenters. The van der Waals surface area contributed by atoms with Crippen LogP contribution in [0.4, 0.5) is 0 Å². The van der Waals surface area contributed by atoms with Crippen LogP contribution in [0.25, 0.3) is 0 Å². The second-order valence-electron chi connectivity index (χ2n) is 5.35. The van der Waals surface area contributed by atoms with Crippen LogP contribution >= 0.6 is 0 Å². The third-order valence-electron chi connectivity index (χ3n) is 3.68. The number of benzene rings is 1. The molecule has 0 amide bonds. The molecule has 0 N–H and O–H groups in total. The highest BCUT2D eigenvalue weighted by Gasteiger charge is 2.06. The number of methoxy groups -OCH3 is 1. The van der Waals surface area contributed by atoms with Crippen LogP contribution in [-0.2, 0) is 24.4 Å². The van der Waals surface area contributed by atoms with E-state index in [4.69, 9.17) is 4.74 Å². The van der Waals surface area contributed by atoms with Gasteiger partial charge in [-0.1, -0.05) is 43.3 Å². The van der Waals surface area contributed by atoms with E-state index in [-0.39, 0.29) is 5.56 Å². The summed E-state index contributed by atoms with van der Waals surface area (Å²) in [4.78, 5) is 14.2. The van der Waals surface area contributed by atoms with Crippen LogP contribution in [0, 0.1) is 0 Å². The molecule has 2 aromatic rings. The SMILES string of the molecule is CCN(Cc1ccccc1)Cc1ccc(=O)n(CCOC)c1. The number of pyridine rings is 1. The van der Waals surface area contributed by atoms with Crippen molar-refractivity contribution in [2.75, 3.05) is 20.3 Å². The smallest absolute Gasteiger partial charge is 0.250 e. The molecule has 2 rings (SSSR count). The number of aromatic nitrogens is 1. The molecule has 1 aromatic carbocycles. The van der Waals surface area contributed by atoms with Crippen LogP contribution in [0.1, 0.15) is 18.1 Å². The Morgan fingerprint density at radius 2 is 1.77 bits per heavy atom. The highest BCUT2D eigenvalue weighted by molar-refractivity contribution is 5.15. The van der Waals surface area contributed by atoms with Gasteiger partial charge >= 0.3 is 0 Å². The minimum Gasteiger partial charge on any atom is -0.383 e. The van der Waals surface area contributed by atoms with Crippen molar-refractivity contribution < 1.29 is 4.74 Å². The normalized spacial score (nSPS) is 11.0. The molecule has 4 nitrogen and oxygen atoms in total. The summed E-state index contributed by atoms with van der Waals surface area (Å²) < 4.78 is 6.77. The fourth-order valence-corrected chi connectivity index (χ4v) is 2.42. The zero-order chi connectivity index (χ0) is 15.8. The molecule has 1 heterocycles.